The van der Waals surface area contributed by atoms with Crippen LogP contribution in [-0.4, -0.2) is 24.3 Å². The number of thiazole rings is 1. The highest BCUT2D eigenvalue weighted by atomic mass is 32.1. The van der Waals surface area contributed by atoms with Crippen LogP contribution in [0.3, 0.4) is 0 Å². The Labute approximate surface area is 205 Å². The van der Waals surface area contributed by atoms with Crippen molar-refractivity contribution in [2.45, 2.75) is 32.7 Å². The number of ketones is 1. The summed E-state index contributed by atoms with van der Waals surface area (Å²) < 4.78 is 18.4. The molecule has 0 saturated heterocycles. The van der Waals surface area contributed by atoms with E-state index in [0.29, 0.717) is 45.0 Å². The SMILES string of the molecule is COc1ccc(C2C3=C(CC(C)(C)CC3=O)N=c3sc(=Cc4ccc5c(c4)OCO5)c(=O)n32)cc1. The first-order valence-electron chi connectivity index (χ1n) is 11.4. The highest BCUT2D eigenvalue weighted by molar-refractivity contribution is 7.07. The number of rotatable bonds is 3. The summed E-state index contributed by atoms with van der Waals surface area (Å²) in [4.78, 5) is 32.6. The van der Waals surface area contributed by atoms with E-state index in [-0.39, 0.29) is 23.6 Å². The van der Waals surface area contributed by atoms with Crippen LogP contribution in [-0.2, 0) is 4.79 Å². The van der Waals surface area contributed by atoms with Crippen LogP contribution in [0.25, 0.3) is 6.08 Å². The minimum Gasteiger partial charge on any atom is -0.497 e. The summed E-state index contributed by atoms with van der Waals surface area (Å²) in [6, 6.07) is 12.6. The van der Waals surface area contributed by atoms with Gasteiger partial charge in [0.25, 0.3) is 5.56 Å². The second-order valence-corrected chi connectivity index (χ2v) is 10.8. The Morgan fingerprint density at radius 1 is 1.09 bits per heavy atom. The fraction of sp³-hybridized carbons (Fsp3) is 0.296. The van der Waals surface area contributed by atoms with Crippen LogP contribution in [0, 0.1) is 5.41 Å². The number of carbonyl (C=O) groups is 1. The molecule has 35 heavy (non-hydrogen) atoms. The van der Waals surface area contributed by atoms with Gasteiger partial charge in [0, 0.05) is 12.0 Å². The molecule has 1 aliphatic carbocycles. The van der Waals surface area contributed by atoms with Crippen LogP contribution in [0.15, 0.2) is 63.5 Å². The molecule has 0 fully saturated rings. The second kappa shape index (κ2) is 7.95. The summed E-state index contributed by atoms with van der Waals surface area (Å²) in [7, 11) is 1.61. The van der Waals surface area contributed by atoms with Gasteiger partial charge >= 0.3 is 0 Å². The van der Waals surface area contributed by atoms with Gasteiger partial charge in [-0.1, -0.05) is 43.4 Å². The Morgan fingerprint density at radius 2 is 1.86 bits per heavy atom. The van der Waals surface area contributed by atoms with E-state index in [1.165, 1.54) is 11.3 Å². The first-order valence-corrected chi connectivity index (χ1v) is 12.3. The van der Waals surface area contributed by atoms with Crippen LogP contribution in [0.4, 0.5) is 0 Å². The summed E-state index contributed by atoms with van der Waals surface area (Å²) >= 11 is 1.34. The molecule has 0 spiro atoms. The molecule has 8 heteroatoms. The van der Waals surface area contributed by atoms with Crippen molar-refractivity contribution in [1.29, 1.82) is 0 Å². The molecule has 0 N–H and O–H groups in total. The number of nitrogens with zero attached hydrogens (tertiary/aromatic N) is 2. The van der Waals surface area contributed by atoms with Gasteiger partial charge in [0.05, 0.1) is 23.4 Å². The molecule has 6 rings (SSSR count). The number of benzene rings is 2. The van der Waals surface area contributed by atoms with Crippen molar-refractivity contribution in [2.75, 3.05) is 13.9 Å². The first kappa shape index (κ1) is 21.9. The van der Waals surface area contributed by atoms with Gasteiger partial charge in [-0.15, -0.1) is 0 Å². The molecule has 3 aromatic rings. The average Bonchev–Trinajstić information content (AvgIpc) is 3.41. The molecule has 1 aromatic heterocycles. The number of Topliss-reactive ketones (excluding diaryl/α,β-unsaturated/α-hetero) is 1. The van der Waals surface area contributed by atoms with E-state index in [1.54, 1.807) is 11.7 Å². The molecular weight excluding hydrogens is 464 g/mol. The van der Waals surface area contributed by atoms with Gasteiger partial charge in [0.1, 0.15) is 5.75 Å². The van der Waals surface area contributed by atoms with E-state index in [2.05, 4.69) is 13.8 Å². The van der Waals surface area contributed by atoms with Crippen molar-refractivity contribution in [2.24, 2.45) is 10.4 Å². The highest BCUT2D eigenvalue weighted by Crippen LogP contribution is 2.43. The molecule has 0 radical (unpaired) electrons. The predicted molar refractivity (Wildman–Crippen MR) is 132 cm³/mol. The minimum atomic E-state index is -0.519. The first-order chi connectivity index (χ1) is 16.8. The van der Waals surface area contributed by atoms with Crippen molar-refractivity contribution in [3.8, 4) is 17.2 Å². The normalized spacial score (nSPS) is 20.4. The van der Waals surface area contributed by atoms with Crippen LogP contribution < -0.4 is 29.1 Å². The lowest BCUT2D eigenvalue weighted by Gasteiger charge is -2.35. The Kier molecular flexibility index (Phi) is 4.96. The number of aromatic nitrogens is 1. The Bertz CT molecular complexity index is 1580. The smallest absolute Gasteiger partial charge is 0.271 e. The van der Waals surface area contributed by atoms with Gasteiger partial charge in [-0.05, 0) is 53.3 Å². The summed E-state index contributed by atoms with van der Waals surface area (Å²) in [5.74, 6) is 2.11. The van der Waals surface area contributed by atoms with Gasteiger partial charge in [-0.3, -0.25) is 14.2 Å². The highest BCUT2D eigenvalue weighted by Gasteiger charge is 2.40. The van der Waals surface area contributed by atoms with Crippen molar-refractivity contribution in [3.63, 3.8) is 0 Å². The van der Waals surface area contributed by atoms with Gasteiger partial charge in [0.15, 0.2) is 22.1 Å². The molecule has 3 heterocycles. The quantitative estimate of drug-likeness (QED) is 0.565. The molecule has 178 valence electrons. The third kappa shape index (κ3) is 3.69. The fourth-order valence-corrected chi connectivity index (χ4v) is 6.02. The standard InChI is InChI=1S/C27H24N2O5S/c1-27(2)12-18-23(19(30)13-27)24(16-5-7-17(32-3)8-6-16)29-25(31)22(35-26(29)28-18)11-15-4-9-20-21(10-15)34-14-33-20/h4-11,24H,12-14H2,1-3H3. The molecular formula is C27H24N2O5S. The lowest BCUT2D eigenvalue weighted by molar-refractivity contribution is -0.118. The largest absolute Gasteiger partial charge is 0.497 e. The molecule has 1 unspecified atom stereocenters. The summed E-state index contributed by atoms with van der Waals surface area (Å²) in [6.45, 7) is 4.36. The Morgan fingerprint density at radius 3 is 2.63 bits per heavy atom. The van der Waals surface area contributed by atoms with Crippen molar-refractivity contribution in [3.05, 3.63) is 84.5 Å². The number of hydrogen-bond donors (Lipinski definition) is 0. The summed E-state index contributed by atoms with van der Waals surface area (Å²) in [6.07, 6.45) is 2.96. The fourth-order valence-electron chi connectivity index (χ4n) is 5.01. The number of fused-ring (bicyclic) bond motifs is 2. The van der Waals surface area contributed by atoms with Crippen LogP contribution in [0.5, 0.6) is 17.2 Å². The molecule has 2 aromatic carbocycles. The second-order valence-electron chi connectivity index (χ2n) is 9.77. The number of methoxy groups -OCH3 is 1. The molecule has 3 aliphatic rings. The molecule has 0 amide bonds. The zero-order valence-electron chi connectivity index (χ0n) is 19.7. The van der Waals surface area contributed by atoms with Crippen LogP contribution >= 0.6 is 11.3 Å². The lowest BCUT2D eigenvalue weighted by Crippen LogP contribution is -2.42. The third-order valence-corrected chi connectivity index (χ3v) is 7.60. The molecule has 2 aliphatic heterocycles. The van der Waals surface area contributed by atoms with E-state index in [9.17, 15) is 9.59 Å². The zero-order chi connectivity index (χ0) is 24.3. The minimum absolute atomic E-state index is 0.0471. The molecule has 7 nitrogen and oxygen atoms in total. The average molecular weight is 489 g/mol. The Hall–Kier alpha value is -3.65. The van der Waals surface area contributed by atoms with Crippen molar-refractivity contribution < 1.29 is 19.0 Å². The maximum atomic E-state index is 13.7. The van der Waals surface area contributed by atoms with E-state index < -0.39 is 6.04 Å². The predicted octanol–water partition coefficient (Wildman–Crippen LogP) is 3.34. The van der Waals surface area contributed by atoms with Gasteiger partial charge in [0.2, 0.25) is 6.79 Å². The number of hydrogen-bond acceptors (Lipinski definition) is 7. The lowest BCUT2D eigenvalue weighted by atomic mass is 9.73. The monoisotopic (exact) mass is 488 g/mol. The maximum absolute atomic E-state index is 13.7. The molecule has 0 saturated carbocycles. The number of ether oxygens (including phenoxy) is 3. The van der Waals surface area contributed by atoms with Gasteiger partial charge < -0.3 is 14.2 Å². The molecule has 1 atom stereocenters. The number of allylic oxidation sites excluding steroid dienone is 2. The molecule has 0 bridgehead atoms. The van der Waals surface area contributed by atoms with E-state index in [0.717, 1.165) is 16.8 Å². The maximum Gasteiger partial charge on any atom is 0.271 e. The van der Waals surface area contributed by atoms with E-state index in [1.807, 2.05) is 48.5 Å². The number of carbonyl (C=O) groups excluding carboxylic acids is 1. The van der Waals surface area contributed by atoms with Crippen LogP contribution in [0.1, 0.15) is 43.9 Å². The summed E-state index contributed by atoms with van der Waals surface area (Å²) in [5.41, 5.74) is 2.75. The topological polar surface area (TPSA) is 79.1 Å². The van der Waals surface area contributed by atoms with Crippen LogP contribution in [0.2, 0.25) is 0 Å². The Balaban J connectivity index is 1.55. The van der Waals surface area contributed by atoms with E-state index >= 15 is 0 Å². The summed E-state index contributed by atoms with van der Waals surface area (Å²) in [5, 5.41) is 0. The van der Waals surface area contributed by atoms with E-state index in [4.69, 9.17) is 19.2 Å². The van der Waals surface area contributed by atoms with Crippen molar-refractivity contribution in [1.82, 2.24) is 4.57 Å². The van der Waals surface area contributed by atoms with Gasteiger partial charge in [-0.25, -0.2) is 4.99 Å². The van der Waals surface area contributed by atoms with Crippen molar-refractivity contribution >= 4 is 23.2 Å². The van der Waals surface area contributed by atoms with Gasteiger partial charge in [-0.2, -0.15) is 0 Å². The zero-order valence-corrected chi connectivity index (χ0v) is 20.5. The third-order valence-electron chi connectivity index (χ3n) is 6.62.